The Balaban J connectivity index is 1.76. The largest absolute Gasteiger partial charge is 0.494 e. The zero-order chi connectivity index (χ0) is 23.1. The number of methoxy groups -OCH3 is 1. The van der Waals surface area contributed by atoms with E-state index in [2.05, 4.69) is 10.5 Å². The molecule has 0 aliphatic heterocycles. The fourth-order valence-electron chi connectivity index (χ4n) is 3.39. The highest BCUT2D eigenvalue weighted by atomic mass is 16.5. The van der Waals surface area contributed by atoms with Gasteiger partial charge < -0.3 is 14.0 Å². The van der Waals surface area contributed by atoms with Crippen molar-refractivity contribution in [1.82, 2.24) is 9.99 Å². The van der Waals surface area contributed by atoms with Gasteiger partial charge in [0.05, 0.1) is 31.2 Å². The molecule has 0 spiro atoms. The molecule has 0 aliphatic rings. The van der Waals surface area contributed by atoms with Crippen LogP contribution in [0.5, 0.6) is 5.75 Å². The molecule has 32 heavy (non-hydrogen) atoms. The van der Waals surface area contributed by atoms with Crippen molar-refractivity contribution in [2.75, 3.05) is 13.7 Å². The number of aryl methyl sites for hydroxylation is 1. The van der Waals surface area contributed by atoms with Crippen molar-refractivity contribution >= 4 is 18.1 Å². The number of para-hydroxylation sites is 1. The number of hydrazone groups is 1. The average Bonchev–Trinajstić information content (AvgIpc) is 3.10. The predicted octanol–water partition coefficient (Wildman–Crippen LogP) is 4.43. The van der Waals surface area contributed by atoms with Crippen LogP contribution in [0.3, 0.4) is 0 Å². The van der Waals surface area contributed by atoms with Crippen molar-refractivity contribution in [2.24, 2.45) is 5.10 Å². The Hall–Kier alpha value is -3.87. The van der Waals surface area contributed by atoms with Gasteiger partial charge in [0, 0.05) is 22.5 Å². The van der Waals surface area contributed by atoms with E-state index in [1.165, 1.54) is 7.11 Å². The Morgan fingerprint density at radius 2 is 1.81 bits per heavy atom. The zero-order valence-corrected chi connectivity index (χ0v) is 18.7. The van der Waals surface area contributed by atoms with Gasteiger partial charge in [0.2, 0.25) is 0 Å². The molecule has 1 heterocycles. The van der Waals surface area contributed by atoms with Gasteiger partial charge in [-0.3, -0.25) is 4.79 Å². The summed E-state index contributed by atoms with van der Waals surface area (Å²) in [6.07, 6.45) is 2.52. The molecule has 0 aliphatic carbocycles. The first kappa shape index (κ1) is 22.8. The molecule has 0 saturated carbocycles. The Morgan fingerprint density at radius 1 is 1.09 bits per heavy atom. The molecule has 0 saturated heterocycles. The molecule has 2 aromatic carbocycles. The number of hydrogen-bond donors (Lipinski definition) is 1. The first-order valence-corrected chi connectivity index (χ1v) is 10.4. The molecule has 1 aromatic heterocycles. The van der Waals surface area contributed by atoms with E-state index in [4.69, 9.17) is 9.47 Å². The first-order chi connectivity index (χ1) is 15.5. The van der Waals surface area contributed by atoms with Gasteiger partial charge in [0.1, 0.15) is 5.75 Å². The first-order valence-electron chi connectivity index (χ1n) is 10.4. The average molecular weight is 434 g/mol. The molecule has 7 heteroatoms. The van der Waals surface area contributed by atoms with Crippen molar-refractivity contribution < 1.29 is 19.1 Å². The number of ether oxygens (including phenoxy) is 2. The summed E-state index contributed by atoms with van der Waals surface area (Å²) in [6.45, 7) is 6.55. The lowest BCUT2D eigenvalue weighted by molar-refractivity contribution is 0.0600. The third-order valence-corrected chi connectivity index (χ3v) is 4.98. The third kappa shape index (κ3) is 5.06. The minimum atomic E-state index is -0.401. The summed E-state index contributed by atoms with van der Waals surface area (Å²) in [7, 11) is 1.36. The van der Waals surface area contributed by atoms with E-state index in [1.54, 1.807) is 42.6 Å². The number of amides is 1. The van der Waals surface area contributed by atoms with Crippen molar-refractivity contribution in [3.8, 4) is 11.4 Å². The molecule has 0 fully saturated rings. The van der Waals surface area contributed by atoms with Gasteiger partial charge in [-0.25, -0.2) is 10.2 Å². The molecule has 0 bridgehead atoms. The van der Waals surface area contributed by atoms with Crippen molar-refractivity contribution in [1.29, 1.82) is 0 Å². The topological polar surface area (TPSA) is 81.9 Å². The molecule has 0 atom stereocenters. The Labute approximate surface area is 187 Å². The normalized spacial score (nSPS) is 10.9. The standard InChI is InChI=1S/C25H27N3O4/c1-5-14-32-21-12-10-19(11-13-21)24(29)27-26-16-20-15-17(2)28(18(20)3)23-9-7-6-8-22(23)25(30)31-4/h6-13,15-16H,5,14H2,1-4H3,(H,27,29)/b26-16-. The van der Waals surface area contributed by atoms with Gasteiger partial charge in [-0.15, -0.1) is 0 Å². The SMILES string of the molecule is CCCOc1ccc(C(=O)N/N=C\c2cc(C)n(-c3ccccc3C(=O)OC)c2C)cc1. The van der Waals surface area contributed by atoms with Crippen LogP contribution in [-0.2, 0) is 4.74 Å². The maximum Gasteiger partial charge on any atom is 0.339 e. The molecule has 166 valence electrons. The molecule has 0 unspecified atom stereocenters. The van der Waals surface area contributed by atoms with Gasteiger partial charge in [0.25, 0.3) is 5.91 Å². The summed E-state index contributed by atoms with van der Waals surface area (Å²) in [4.78, 5) is 24.5. The molecule has 0 radical (unpaired) electrons. The van der Waals surface area contributed by atoms with Gasteiger partial charge in [-0.2, -0.15) is 5.10 Å². The van der Waals surface area contributed by atoms with Crippen LogP contribution in [0, 0.1) is 13.8 Å². The van der Waals surface area contributed by atoms with Gasteiger partial charge in [0.15, 0.2) is 0 Å². The lowest BCUT2D eigenvalue weighted by Crippen LogP contribution is -2.17. The van der Waals surface area contributed by atoms with Gasteiger partial charge in [-0.05, 0) is 62.7 Å². The lowest BCUT2D eigenvalue weighted by atomic mass is 10.1. The molecule has 1 N–H and O–H groups in total. The fraction of sp³-hybridized carbons (Fsp3) is 0.240. The second-order valence-corrected chi connectivity index (χ2v) is 7.24. The monoisotopic (exact) mass is 433 g/mol. The number of benzene rings is 2. The van der Waals surface area contributed by atoms with Crippen molar-refractivity contribution in [3.63, 3.8) is 0 Å². The summed E-state index contributed by atoms with van der Waals surface area (Å²) in [5, 5.41) is 4.11. The van der Waals surface area contributed by atoms with Gasteiger partial charge in [-0.1, -0.05) is 19.1 Å². The summed E-state index contributed by atoms with van der Waals surface area (Å²) in [5.74, 6) is 0.0152. The van der Waals surface area contributed by atoms with Crippen LogP contribution in [0.4, 0.5) is 0 Å². The fourth-order valence-corrected chi connectivity index (χ4v) is 3.39. The van der Waals surface area contributed by atoms with Crippen LogP contribution < -0.4 is 10.2 Å². The van der Waals surface area contributed by atoms with Crippen LogP contribution in [0.25, 0.3) is 5.69 Å². The number of nitrogens with zero attached hydrogens (tertiary/aromatic N) is 2. The Bertz CT molecular complexity index is 1130. The van der Waals surface area contributed by atoms with Crippen LogP contribution >= 0.6 is 0 Å². The molecule has 3 aromatic rings. The number of carbonyl (C=O) groups is 2. The smallest absolute Gasteiger partial charge is 0.339 e. The molecule has 1 amide bonds. The van der Waals surface area contributed by atoms with E-state index < -0.39 is 5.97 Å². The second-order valence-electron chi connectivity index (χ2n) is 7.24. The van der Waals surface area contributed by atoms with E-state index >= 15 is 0 Å². The zero-order valence-electron chi connectivity index (χ0n) is 18.7. The summed E-state index contributed by atoms with van der Waals surface area (Å²) in [6, 6.07) is 16.1. The Morgan fingerprint density at radius 3 is 2.50 bits per heavy atom. The number of aromatic nitrogens is 1. The van der Waals surface area contributed by atoms with E-state index in [0.29, 0.717) is 17.7 Å². The number of carbonyl (C=O) groups excluding carboxylic acids is 2. The number of esters is 1. The van der Waals surface area contributed by atoms with E-state index in [0.717, 1.165) is 34.8 Å². The maximum absolute atomic E-state index is 12.4. The Kier molecular flexibility index (Phi) is 7.44. The maximum atomic E-state index is 12.4. The van der Waals surface area contributed by atoms with E-state index in [1.807, 2.05) is 43.5 Å². The minimum Gasteiger partial charge on any atom is -0.494 e. The molecule has 7 nitrogen and oxygen atoms in total. The molecule has 3 rings (SSSR count). The van der Waals surface area contributed by atoms with Crippen LogP contribution in [0.15, 0.2) is 59.7 Å². The summed E-state index contributed by atoms with van der Waals surface area (Å²) in [5.41, 5.74) is 6.87. The quantitative estimate of drug-likeness (QED) is 0.324. The van der Waals surface area contributed by atoms with Crippen LogP contribution in [-0.4, -0.2) is 36.4 Å². The van der Waals surface area contributed by atoms with Crippen LogP contribution in [0.1, 0.15) is 51.0 Å². The van der Waals surface area contributed by atoms with Crippen molar-refractivity contribution in [2.45, 2.75) is 27.2 Å². The summed E-state index contributed by atoms with van der Waals surface area (Å²) < 4.78 is 12.4. The number of hydrogen-bond acceptors (Lipinski definition) is 5. The highest BCUT2D eigenvalue weighted by Gasteiger charge is 2.17. The van der Waals surface area contributed by atoms with Crippen molar-refractivity contribution in [3.05, 3.63) is 82.7 Å². The predicted molar refractivity (Wildman–Crippen MR) is 124 cm³/mol. The van der Waals surface area contributed by atoms with Gasteiger partial charge >= 0.3 is 5.97 Å². The highest BCUT2D eigenvalue weighted by Crippen LogP contribution is 2.23. The van der Waals surface area contributed by atoms with E-state index in [-0.39, 0.29) is 5.91 Å². The molecular formula is C25H27N3O4. The lowest BCUT2D eigenvalue weighted by Gasteiger charge is -2.13. The summed E-state index contributed by atoms with van der Waals surface area (Å²) >= 11 is 0. The second kappa shape index (κ2) is 10.4. The highest BCUT2D eigenvalue weighted by molar-refractivity contribution is 5.95. The number of rotatable bonds is 8. The number of nitrogens with one attached hydrogen (secondary N) is 1. The molecular weight excluding hydrogens is 406 g/mol. The third-order valence-electron chi connectivity index (χ3n) is 4.98. The van der Waals surface area contributed by atoms with E-state index in [9.17, 15) is 9.59 Å². The minimum absolute atomic E-state index is 0.312. The van der Waals surface area contributed by atoms with Crippen LogP contribution in [0.2, 0.25) is 0 Å².